The average Bonchev–Trinajstić information content (AvgIpc) is 2.78. The summed E-state index contributed by atoms with van der Waals surface area (Å²) in [7, 11) is -0.0420. The van der Waals surface area contributed by atoms with E-state index in [-0.39, 0.29) is 22.3 Å². The van der Waals surface area contributed by atoms with Gasteiger partial charge in [0.15, 0.2) is 0 Å². The quantitative estimate of drug-likeness (QED) is 0.771. The van der Waals surface area contributed by atoms with Gasteiger partial charge in [-0.25, -0.2) is 13.4 Å². The molecular formula is C12H19ClN4O3S. The molecule has 0 radical (unpaired) electrons. The van der Waals surface area contributed by atoms with Crippen molar-refractivity contribution < 1.29 is 13.2 Å². The Morgan fingerprint density at radius 2 is 2.14 bits per heavy atom. The van der Waals surface area contributed by atoms with Crippen LogP contribution in [-0.4, -0.2) is 72.6 Å². The van der Waals surface area contributed by atoms with Gasteiger partial charge in [0, 0.05) is 26.7 Å². The highest BCUT2D eigenvalue weighted by Gasteiger charge is 2.43. The number of likely N-dealkylation sites (tertiary alicyclic amines) is 1. The van der Waals surface area contributed by atoms with Crippen LogP contribution in [-0.2, 0) is 21.8 Å². The molecule has 3 rings (SSSR count). The second kappa shape index (κ2) is 5.51. The summed E-state index contributed by atoms with van der Waals surface area (Å²) in [5.41, 5.74) is 0. The zero-order valence-electron chi connectivity index (χ0n) is 12.1. The van der Waals surface area contributed by atoms with Crippen molar-refractivity contribution >= 4 is 21.6 Å². The van der Waals surface area contributed by atoms with Crippen molar-refractivity contribution in [2.24, 2.45) is 7.05 Å². The summed E-state index contributed by atoms with van der Waals surface area (Å²) in [6.07, 6.45) is 2.20. The van der Waals surface area contributed by atoms with E-state index in [0.29, 0.717) is 19.7 Å². The number of rotatable bonds is 2. The number of nitrogens with zero attached hydrogens (tertiary/aromatic N) is 4. The summed E-state index contributed by atoms with van der Waals surface area (Å²) in [5.74, 6) is 0. The zero-order chi connectivity index (χ0) is 15.2. The highest BCUT2D eigenvalue weighted by atomic mass is 35.5. The van der Waals surface area contributed by atoms with Gasteiger partial charge in [-0.1, -0.05) is 11.6 Å². The predicted molar refractivity (Wildman–Crippen MR) is 77.8 cm³/mol. The molecule has 0 N–H and O–H groups in total. The van der Waals surface area contributed by atoms with Gasteiger partial charge in [-0.2, -0.15) is 4.31 Å². The molecule has 2 aliphatic heterocycles. The molecule has 0 bridgehead atoms. The van der Waals surface area contributed by atoms with Crippen LogP contribution in [0.15, 0.2) is 11.4 Å². The SMILES string of the molecule is CN1CC[C@H]2OCCN(S(=O)(=O)c3ncn(C)c3Cl)[C@@H]2C1. The van der Waals surface area contributed by atoms with Crippen molar-refractivity contribution in [1.82, 2.24) is 18.8 Å². The van der Waals surface area contributed by atoms with Gasteiger partial charge in [-0.05, 0) is 13.5 Å². The molecule has 0 saturated carbocycles. The molecule has 0 aromatic carbocycles. The van der Waals surface area contributed by atoms with Gasteiger partial charge in [-0.15, -0.1) is 0 Å². The number of halogens is 1. The number of imidazole rings is 1. The van der Waals surface area contributed by atoms with Crippen LogP contribution in [0.5, 0.6) is 0 Å². The van der Waals surface area contributed by atoms with Crippen LogP contribution >= 0.6 is 11.6 Å². The van der Waals surface area contributed by atoms with Crippen LogP contribution in [0.25, 0.3) is 0 Å². The number of likely N-dealkylation sites (N-methyl/N-ethyl adjacent to an activating group) is 1. The maximum Gasteiger partial charge on any atom is 0.264 e. The molecular weight excluding hydrogens is 316 g/mol. The Labute approximate surface area is 129 Å². The molecule has 0 spiro atoms. The Kier molecular flexibility index (Phi) is 4.00. The van der Waals surface area contributed by atoms with Gasteiger partial charge < -0.3 is 14.2 Å². The van der Waals surface area contributed by atoms with E-state index >= 15 is 0 Å². The molecule has 0 aliphatic carbocycles. The third-order valence-corrected chi connectivity index (χ3v) is 6.54. The Bertz CT molecular complexity index is 632. The fourth-order valence-electron chi connectivity index (χ4n) is 2.98. The van der Waals surface area contributed by atoms with Crippen LogP contribution in [0.2, 0.25) is 5.15 Å². The smallest absolute Gasteiger partial charge is 0.264 e. The van der Waals surface area contributed by atoms with E-state index in [4.69, 9.17) is 16.3 Å². The topological polar surface area (TPSA) is 67.7 Å². The molecule has 1 aromatic heterocycles. The van der Waals surface area contributed by atoms with Gasteiger partial charge >= 0.3 is 0 Å². The van der Waals surface area contributed by atoms with Crippen LogP contribution in [0, 0.1) is 0 Å². The van der Waals surface area contributed by atoms with Gasteiger partial charge in [0.1, 0.15) is 5.15 Å². The minimum atomic E-state index is -3.70. The lowest BCUT2D eigenvalue weighted by atomic mass is 10.0. The number of hydrogen-bond donors (Lipinski definition) is 0. The molecule has 0 unspecified atom stereocenters. The zero-order valence-corrected chi connectivity index (χ0v) is 13.6. The van der Waals surface area contributed by atoms with E-state index < -0.39 is 10.0 Å². The summed E-state index contributed by atoms with van der Waals surface area (Å²) < 4.78 is 34.5. The summed E-state index contributed by atoms with van der Waals surface area (Å²) >= 11 is 6.07. The monoisotopic (exact) mass is 334 g/mol. The van der Waals surface area contributed by atoms with Crippen molar-refractivity contribution in [3.8, 4) is 0 Å². The van der Waals surface area contributed by atoms with Gasteiger partial charge in [0.25, 0.3) is 10.0 Å². The number of piperidine rings is 1. The van der Waals surface area contributed by atoms with E-state index in [1.165, 1.54) is 15.2 Å². The van der Waals surface area contributed by atoms with E-state index in [1.807, 2.05) is 7.05 Å². The summed E-state index contributed by atoms with van der Waals surface area (Å²) in [4.78, 5) is 6.09. The fourth-order valence-corrected chi connectivity index (χ4v) is 4.99. The van der Waals surface area contributed by atoms with Crippen LogP contribution < -0.4 is 0 Å². The first kappa shape index (κ1) is 15.2. The van der Waals surface area contributed by atoms with Crippen molar-refractivity contribution in [2.45, 2.75) is 23.6 Å². The van der Waals surface area contributed by atoms with Gasteiger partial charge in [0.05, 0.1) is 25.1 Å². The standard InChI is InChI=1S/C12H19ClN4O3S/c1-15-4-3-10-9(7-15)17(5-6-20-10)21(18,19)12-11(13)16(2)8-14-12/h8-10H,3-7H2,1-2H3/t9-,10-/m1/s1. The molecule has 118 valence electrons. The number of sulfonamides is 1. The highest BCUT2D eigenvalue weighted by molar-refractivity contribution is 7.89. The molecule has 0 amide bonds. The second-order valence-electron chi connectivity index (χ2n) is 5.59. The minimum Gasteiger partial charge on any atom is -0.375 e. The molecule has 1 aromatic rings. The molecule has 3 heterocycles. The number of ether oxygens (including phenoxy) is 1. The highest BCUT2D eigenvalue weighted by Crippen LogP contribution is 2.30. The number of morpholine rings is 1. The maximum absolute atomic E-state index is 12.9. The third-order valence-electron chi connectivity index (χ3n) is 4.12. The lowest BCUT2D eigenvalue weighted by molar-refractivity contribution is -0.0720. The Morgan fingerprint density at radius 1 is 1.38 bits per heavy atom. The maximum atomic E-state index is 12.9. The van der Waals surface area contributed by atoms with Crippen molar-refractivity contribution in [2.75, 3.05) is 33.3 Å². The number of aryl methyl sites for hydroxylation is 1. The number of hydrogen-bond acceptors (Lipinski definition) is 5. The largest absolute Gasteiger partial charge is 0.375 e. The minimum absolute atomic E-state index is 0.0489. The molecule has 9 heteroatoms. The molecule has 21 heavy (non-hydrogen) atoms. The molecule has 2 saturated heterocycles. The lowest BCUT2D eigenvalue weighted by Crippen LogP contribution is -2.60. The first-order chi connectivity index (χ1) is 9.91. The fraction of sp³-hybridized carbons (Fsp3) is 0.750. The Hall–Kier alpha value is -0.670. The first-order valence-corrected chi connectivity index (χ1v) is 8.72. The van der Waals surface area contributed by atoms with Crippen molar-refractivity contribution in [3.63, 3.8) is 0 Å². The molecule has 2 aliphatic rings. The molecule has 2 atom stereocenters. The van der Waals surface area contributed by atoms with Gasteiger partial charge in [-0.3, -0.25) is 0 Å². The van der Waals surface area contributed by atoms with E-state index in [9.17, 15) is 8.42 Å². The van der Waals surface area contributed by atoms with E-state index in [1.54, 1.807) is 7.05 Å². The lowest BCUT2D eigenvalue weighted by Gasteiger charge is -2.45. The Morgan fingerprint density at radius 3 is 2.81 bits per heavy atom. The summed E-state index contributed by atoms with van der Waals surface area (Å²) in [6.45, 7) is 2.33. The van der Waals surface area contributed by atoms with Crippen LogP contribution in [0.1, 0.15) is 6.42 Å². The number of fused-ring (bicyclic) bond motifs is 1. The van der Waals surface area contributed by atoms with Gasteiger partial charge in [0.2, 0.25) is 5.03 Å². The normalized spacial score (nSPS) is 28.5. The number of aromatic nitrogens is 2. The van der Waals surface area contributed by atoms with Crippen molar-refractivity contribution in [3.05, 3.63) is 11.5 Å². The molecule has 7 nitrogen and oxygen atoms in total. The second-order valence-corrected chi connectivity index (χ2v) is 7.76. The average molecular weight is 335 g/mol. The first-order valence-electron chi connectivity index (χ1n) is 6.90. The summed E-state index contributed by atoms with van der Waals surface area (Å²) in [5, 5.41) is 0.0720. The van der Waals surface area contributed by atoms with E-state index in [2.05, 4.69) is 9.88 Å². The Balaban J connectivity index is 1.95. The molecule has 2 fully saturated rings. The van der Waals surface area contributed by atoms with E-state index in [0.717, 1.165) is 13.0 Å². The van der Waals surface area contributed by atoms with Crippen LogP contribution in [0.4, 0.5) is 0 Å². The summed E-state index contributed by atoms with van der Waals surface area (Å²) in [6, 6.07) is -0.180. The predicted octanol–water partition coefficient (Wildman–Crippen LogP) is 0.167. The third kappa shape index (κ3) is 2.59. The van der Waals surface area contributed by atoms with Crippen molar-refractivity contribution in [1.29, 1.82) is 0 Å². The van der Waals surface area contributed by atoms with Crippen LogP contribution in [0.3, 0.4) is 0 Å².